The minimum absolute atomic E-state index is 0.734. The quantitative estimate of drug-likeness (QED) is 0.829. The van der Waals surface area contributed by atoms with Gasteiger partial charge in [0.15, 0.2) is 0 Å². The summed E-state index contributed by atoms with van der Waals surface area (Å²) in [6.07, 6.45) is 6.62. The van der Waals surface area contributed by atoms with Crippen LogP contribution in [-0.2, 0) is 6.42 Å². The Balaban J connectivity index is 1.98. The molecule has 0 aromatic heterocycles. The van der Waals surface area contributed by atoms with Gasteiger partial charge in [-0.25, -0.2) is 0 Å². The molecule has 3 atom stereocenters. The zero-order valence-corrected chi connectivity index (χ0v) is 12.8. The molecule has 0 saturated heterocycles. The Bertz CT molecular complexity index is 366. The van der Waals surface area contributed by atoms with E-state index < -0.39 is 0 Å². The summed E-state index contributed by atoms with van der Waals surface area (Å²) >= 11 is 0. The molecule has 1 aliphatic rings. The fourth-order valence-corrected chi connectivity index (χ4v) is 3.35. The third kappa shape index (κ3) is 4.35. The first-order chi connectivity index (χ1) is 9.19. The summed E-state index contributed by atoms with van der Waals surface area (Å²) in [6.45, 7) is 8.01. The van der Waals surface area contributed by atoms with Crippen LogP contribution in [0.25, 0.3) is 0 Å². The van der Waals surface area contributed by atoms with Crippen molar-refractivity contribution in [2.24, 2.45) is 11.8 Å². The monoisotopic (exact) mass is 259 g/mol. The molecule has 1 saturated carbocycles. The van der Waals surface area contributed by atoms with E-state index in [1.54, 1.807) is 0 Å². The van der Waals surface area contributed by atoms with E-state index in [9.17, 15) is 0 Å². The van der Waals surface area contributed by atoms with Gasteiger partial charge in [0.05, 0.1) is 0 Å². The van der Waals surface area contributed by atoms with Crippen molar-refractivity contribution in [1.29, 1.82) is 0 Å². The third-order valence-corrected chi connectivity index (χ3v) is 4.52. The maximum atomic E-state index is 3.77. The molecule has 1 nitrogen and oxygen atoms in total. The topological polar surface area (TPSA) is 12.0 Å². The minimum atomic E-state index is 0.734. The van der Waals surface area contributed by atoms with Crippen LogP contribution in [0, 0.1) is 18.8 Å². The molecule has 1 aromatic rings. The maximum absolute atomic E-state index is 3.77. The van der Waals surface area contributed by atoms with E-state index in [-0.39, 0.29) is 0 Å². The van der Waals surface area contributed by atoms with Crippen molar-refractivity contribution >= 4 is 0 Å². The predicted molar refractivity (Wildman–Crippen MR) is 83.5 cm³/mol. The highest BCUT2D eigenvalue weighted by atomic mass is 14.9. The van der Waals surface area contributed by atoms with Crippen LogP contribution in [0.15, 0.2) is 24.3 Å². The van der Waals surface area contributed by atoms with Crippen LogP contribution in [-0.4, -0.2) is 12.6 Å². The summed E-state index contributed by atoms with van der Waals surface area (Å²) in [4.78, 5) is 0. The van der Waals surface area contributed by atoms with Gasteiger partial charge < -0.3 is 5.32 Å². The summed E-state index contributed by atoms with van der Waals surface area (Å²) in [5.41, 5.74) is 2.87. The van der Waals surface area contributed by atoms with E-state index in [2.05, 4.69) is 50.4 Å². The average Bonchev–Trinajstić information content (AvgIpc) is 2.40. The Morgan fingerprint density at radius 3 is 2.58 bits per heavy atom. The van der Waals surface area contributed by atoms with Crippen molar-refractivity contribution in [2.75, 3.05) is 6.54 Å². The number of rotatable bonds is 5. The van der Waals surface area contributed by atoms with Crippen molar-refractivity contribution in [3.8, 4) is 0 Å². The molecule has 0 radical (unpaired) electrons. The normalized spacial score (nSPS) is 27.4. The lowest BCUT2D eigenvalue weighted by Gasteiger charge is -2.36. The maximum Gasteiger partial charge on any atom is 0.00986 e. The van der Waals surface area contributed by atoms with Gasteiger partial charge in [0.1, 0.15) is 0 Å². The van der Waals surface area contributed by atoms with Gasteiger partial charge in [-0.05, 0) is 63.0 Å². The number of hydrogen-bond donors (Lipinski definition) is 1. The molecule has 0 amide bonds. The van der Waals surface area contributed by atoms with E-state index in [1.807, 2.05) is 0 Å². The molecule has 0 heterocycles. The Hall–Kier alpha value is -0.820. The Labute approximate surface area is 118 Å². The van der Waals surface area contributed by atoms with Crippen LogP contribution >= 0.6 is 0 Å². The first-order valence-electron chi connectivity index (χ1n) is 7.98. The smallest absolute Gasteiger partial charge is 0.00986 e. The van der Waals surface area contributed by atoms with Gasteiger partial charge in [0, 0.05) is 6.04 Å². The number of benzene rings is 1. The third-order valence-electron chi connectivity index (χ3n) is 4.52. The van der Waals surface area contributed by atoms with Crippen molar-refractivity contribution in [3.63, 3.8) is 0 Å². The van der Waals surface area contributed by atoms with Crippen molar-refractivity contribution in [1.82, 2.24) is 5.32 Å². The molecule has 3 unspecified atom stereocenters. The van der Waals surface area contributed by atoms with Crippen LogP contribution in [0.1, 0.15) is 50.7 Å². The van der Waals surface area contributed by atoms with Crippen LogP contribution in [0.5, 0.6) is 0 Å². The summed E-state index contributed by atoms with van der Waals surface area (Å²) < 4.78 is 0. The number of nitrogens with one attached hydrogen (secondary N) is 1. The summed E-state index contributed by atoms with van der Waals surface area (Å²) in [5.74, 6) is 1.72. The molecule has 1 fully saturated rings. The van der Waals surface area contributed by atoms with Crippen LogP contribution in [0.2, 0.25) is 0 Å². The van der Waals surface area contributed by atoms with Gasteiger partial charge in [-0.1, -0.05) is 43.7 Å². The second-order valence-corrected chi connectivity index (χ2v) is 6.43. The van der Waals surface area contributed by atoms with Crippen molar-refractivity contribution in [3.05, 3.63) is 35.4 Å². The van der Waals surface area contributed by atoms with E-state index in [0.717, 1.165) is 17.9 Å². The zero-order valence-electron chi connectivity index (χ0n) is 12.8. The molecule has 0 bridgehead atoms. The molecule has 2 rings (SSSR count). The SMILES string of the molecule is CCCNC1CCC(C)CC1Cc1ccc(C)cc1. The number of aryl methyl sites for hydroxylation is 1. The lowest BCUT2D eigenvalue weighted by Crippen LogP contribution is -2.41. The molecular weight excluding hydrogens is 230 g/mol. The van der Waals surface area contributed by atoms with E-state index in [4.69, 9.17) is 0 Å². The van der Waals surface area contributed by atoms with Gasteiger partial charge in [-0.15, -0.1) is 0 Å². The number of hydrogen-bond acceptors (Lipinski definition) is 1. The molecule has 0 spiro atoms. The van der Waals surface area contributed by atoms with Crippen molar-refractivity contribution < 1.29 is 0 Å². The molecule has 1 N–H and O–H groups in total. The minimum Gasteiger partial charge on any atom is -0.314 e. The van der Waals surface area contributed by atoms with E-state index in [0.29, 0.717) is 0 Å². The summed E-state index contributed by atoms with van der Waals surface area (Å²) in [7, 11) is 0. The first-order valence-corrected chi connectivity index (χ1v) is 7.98. The standard InChI is InChI=1S/C18H29N/c1-4-11-19-18-10-7-15(3)12-17(18)13-16-8-5-14(2)6-9-16/h5-6,8-9,15,17-19H,4,7,10-13H2,1-3H3. The Morgan fingerprint density at radius 1 is 1.16 bits per heavy atom. The molecule has 1 aliphatic carbocycles. The fraction of sp³-hybridized carbons (Fsp3) is 0.667. The van der Waals surface area contributed by atoms with Crippen LogP contribution in [0.4, 0.5) is 0 Å². The molecule has 0 aliphatic heterocycles. The van der Waals surface area contributed by atoms with Crippen molar-refractivity contribution in [2.45, 2.75) is 58.9 Å². The summed E-state index contributed by atoms with van der Waals surface area (Å²) in [6, 6.07) is 9.85. The Morgan fingerprint density at radius 2 is 1.89 bits per heavy atom. The second kappa shape index (κ2) is 7.09. The van der Waals surface area contributed by atoms with E-state index >= 15 is 0 Å². The lowest BCUT2D eigenvalue weighted by atomic mass is 9.76. The first kappa shape index (κ1) is 14.6. The lowest BCUT2D eigenvalue weighted by molar-refractivity contribution is 0.212. The molecule has 106 valence electrons. The Kier molecular flexibility index (Phi) is 5.45. The predicted octanol–water partition coefficient (Wildman–Crippen LogP) is 4.34. The van der Waals surface area contributed by atoms with Crippen LogP contribution < -0.4 is 5.32 Å². The molecule has 1 aromatic carbocycles. The largest absolute Gasteiger partial charge is 0.314 e. The summed E-state index contributed by atoms with van der Waals surface area (Å²) in [5, 5.41) is 3.77. The molecule has 19 heavy (non-hydrogen) atoms. The molecule has 1 heteroatoms. The second-order valence-electron chi connectivity index (χ2n) is 6.43. The highest BCUT2D eigenvalue weighted by molar-refractivity contribution is 5.22. The van der Waals surface area contributed by atoms with Gasteiger partial charge in [-0.3, -0.25) is 0 Å². The zero-order chi connectivity index (χ0) is 13.7. The van der Waals surface area contributed by atoms with E-state index in [1.165, 1.54) is 49.8 Å². The average molecular weight is 259 g/mol. The van der Waals surface area contributed by atoms with Gasteiger partial charge in [0.25, 0.3) is 0 Å². The fourth-order valence-electron chi connectivity index (χ4n) is 3.35. The van der Waals surface area contributed by atoms with Gasteiger partial charge in [0.2, 0.25) is 0 Å². The highest BCUT2D eigenvalue weighted by Gasteiger charge is 2.28. The molecular formula is C18H29N. The van der Waals surface area contributed by atoms with Gasteiger partial charge in [-0.2, -0.15) is 0 Å². The van der Waals surface area contributed by atoms with Gasteiger partial charge >= 0.3 is 0 Å². The highest BCUT2D eigenvalue weighted by Crippen LogP contribution is 2.31. The van der Waals surface area contributed by atoms with Crippen LogP contribution in [0.3, 0.4) is 0 Å².